The number of nitrogens with two attached hydrogens (primary N) is 1. The number of aromatic nitrogens is 5. The number of nitrogens with zero attached hydrogens (tertiary/aromatic N) is 4. The Kier molecular flexibility index (Phi) is 8.91. The molecule has 55 heavy (non-hydrogen) atoms. The highest BCUT2D eigenvalue weighted by molar-refractivity contribution is 7.90. The molecule has 0 aliphatic heterocycles. The molecule has 0 unspecified atom stereocenters. The van der Waals surface area contributed by atoms with Gasteiger partial charge in [-0.1, -0.05) is 112 Å². The average Bonchev–Trinajstić information content (AvgIpc) is 3.89. The molecule has 12 heteroatoms. The van der Waals surface area contributed by atoms with Crippen molar-refractivity contribution in [1.29, 1.82) is 0 Å². The molecule has 10 nitrogen and oxygen atoms in total. The van der Waals surface area contributed by atoms with Crippen LogP contribution in [0.3, 0.4) is 0 Å². The molecule has 0 fully saturated rings. The van der Waals surface area contributed by atoms with E-state index < -0.39 is 24.1 Å². The molecule has 3 N–H and O–H groups in total. The van der Waals surface area contributed by atoms with Crippen LogP contribution in [-0.4, -0.2) is 46.2 Å². The number of nitrogens with one attached hydrogen (secondary N) is 1. The third-order valence-electron chi connectivity index (χ3n) is 10.1. The summed E-state index contributed by atoms with van der Waals surface area (Å²) in [6.45, 7) is 8.71. The predicted molar refractivity (Wildman–Crippen MR) is 219 cm³/mol. The highest BCUT2D eigenvalue weighted by Crippen LogP contribution is 2.38. The van der Waals surface area contributed by atoms with Crippen LogP contribution in [0.5, 0.6) is 0 Å². The largest absolute Gasteiger partial charge is 0.403 e. The number of aromatic amines is 1. The molecule has 0 atom stereocenters. The van der Waals surface area contributed by atoms with E-state index in [-0.39, 0.29) is 33.6 Å². The molecule has 8 aromatic rings. The number of hydrogen-bond acceptors (Lipinski definition) is 7. The fourth-order valence-corrected chi connectivity index (χ4v) is 13.6. The lowest BCUT2D eigenvalue weighted by Crippen LogP contribution is -2.66. The molecule has 276 valence electrons. The Hall–Kier alpha value is -6.08. The fourth-order valence-electron chi connectivity index (χ4n) is 7.51. The third kappa shape index (κ3) is 6.17. The van der Waals surface area contributed by atoms with E-state index >= 15 is 0 Å². The first-order valence-electron chi connectivity index (χ1n) is 17.9. The number of ketones is 1. The molecule has 3 heterocycles. The first-order valence-corrected chi connectivity index (χ1v) is 21.3. The summed E-state index contributed by atoms with van der Waals surface area (Å²) >= 11 is 0. The summed E-state index contributed by atoms with van der Waals surface area (Å²) in [4.78, 5) is 22.2. The Morgan fingerprint density at radius 1 is 0.836 bits per heavy atom. The number of anilines is 1. The highest BCUT2D eigenvalue weighted by Gasteiger charge is 2.50. The number of carbonyl (C=O) groups is 1. The zero-order valence-electron chi connectivity index (χ0n) is 30.9. The molecule has 0 radical (unpaired) electrons. The zero-order valence-corrected chi connectivity index (χ0v) is 32.7. The molecule has 5 aromatic carbocycles. The Morgan fingerprint density at radius 3 is 2.11 bits per heavy atom. The highest BCUT2D eigenvalue weighted by atomic mass is 32.2. The summed E-state index contributed by atoms with van der Waals surface area (Å²) in [7, 11) is -7.18. The topological polar surface area (TPSA) is 138 Å². The molecular weight excluding hydrogens is 725 g/mol. The number of aryl methyl sites for hydroxylation is 1. The van der Waals surface area contributed by atoms with Gasteiger partial charge in [0, 0.05) is 5.39 Å². The van der Waals surface area contributed by atoms with Crippen LogP contribution in [0.2, 0.25) is 5.04 Å². The van der Waals surface area contributed by atoms with E-state index in [0.29, 0.717) is 16.6 Å². The Morgan fingerprint density at radius 2 is 1.47 bits per heavy atom. The van der Waals surface area contributed by atoms with Crippen LogP contribution >= 0.6 is 0 Å². The van der Waals surface area contributed by atoms with Crippen LogP contribution in [0.1, 0.15) is 48.2 Å². The lowest BCUT2D eigenvalue weighted by atomic mass is 10.1. The van der Waals surface area contributed by atoms with Gasteiger partial charge in [-0.05, 0) is 70.4 Å². The van der Waals surface area contributed by atoms with Crippen molar-refractivity contribution in [1.82, 2.24) is 23.7 Å². The monoisotopic (exact) mass is 764 g/mol. The van der Waals surface area contributed by atoms with E-state index in [2.05, 4.69) is 60.1 Å². The second kappa shape index (κ2) is 13.6. The summed E-state index contributed by atoms with van der Waals surface area (Å²) in [6.07, 6.45) is 1.37. The van der Waals surface area contributed by atoms with Gasteiger partial charge in [-0.2, -0.15) is 5.10 Å². The van der Waals surface area contributed by atoms with Crippen LogP contribution in [0.15, 0.2) is 145 Å². The molecule has 3 aromatic heterocycles. The van der Waals surface area contributed by atoms with Crippen molar-refractivity contribution < 1.29 is 17.6 Å². The van der Waals surface area contributed by atoms with E-state index in [9.17, 15) is 13.2 Å². The number of fused-ring (bicyclic) bond motifs is 2. The van der Waals surface area contributed by atoms with Crippen molar-refractivity contribution in [3.8, 4) is 5.69 Å². The molecule has 8 rings (SSSR count). The minimum Gasteiger partial charge on any atom is -0.403 e. The molecule has 0 saturated carbocycles. The van der Waals surface area contributed by atoms with E-state index in [1.807, 2.05) is 73.7 Å². The first-order chi connectivity index (χ1) is 26.4. The van der Waals surface area contributed by atoms with Gasteiger partial charge in [0.1, 0.15) is 17.3 Å². The quantitative estimate of drug-likeness (QED) is 0.112. The lowest BCUT2D eigenvalue weighted by molar-refractivity contribution is 0.103. The van der Waals surface area contributed by atoms with Gasteiger partial charge in [-0.3, -0.25) is 4.79 Å². The zero-order chi connectivity index (χ0) is 38.5. The number of nitrogen functional groups attached to an aromatic ring is 1. The van der Waals surface area contributed by atoms with Crippen molar-refractivity contribution in [2.24, 2.45) is 0 Å². The standard InChI is InChI=1S/C43H40N6O4SSi/c1-29-46-37-23-22-32(26-38(37)47-29)48-42(44)36(27-45-48)41(50)40-25-31-21-20-30(24-39(31)49(40)54(51,52)33-14-8-5-9-15-33)28-53-55(43(2,3)4,34-16-10-6-11-17-34)35-18-12-7-13-19-35/h5-27H,28,44H2,1-4H3,(H,46,47). The van der Waals surface area contributed by atoms with Gasteiger partial charge >= 0.3 is 0 Å². The van der Waals surface area contributed by atoms with Crippen LogP contribution in [0.25, 0.3) is 27.6 Å². The van der Waals surface area contributed by atoms with E-state index in [4.69, 9.17) is 10.2 Å². The number of carbonyl (C=O) groups excluding carboxylic acids is 1. The SMILES string of the molecule is Cc1nc2cc(-n3ncc(C(=O)c4cc5ccc(CO[Si](c6ccccc6)(c6ccccc6)C(C)(C)C)cc5n4S(=O)(=O)c4ccccc4)c3N)ccc2[nH]1. The Balaban J connectivity index is 1.24. The molecule has 0 spiro atoms. The van der Waals surface area contributed by atoms with E-state index in [1.54, 1.807) is 30.3 Å². The van der Waals surface area contributed by atoms with Crippen LogP contribution in [0.4, 0.5) is 5.82 Å². The van der Waals surface area contributed by atoms with Crippen LogP contribution in [0, 0.1) is 6.92 Å². The van der Waals surface area contributed by atoms with Crippen molar-refractivity contribution in [3.63, 3.8) is 0 Å². The minimum atomic E-state index is -4.27. The Labute approximate surface area is 320 Å². The molecule has 0 aliphatic carbocycles. The number of H-pyrrole nitrogens is 1. The van der Waals surface area contributed by atoms with Gasteiger partial charge in [0.15, 0.2) is 0 Å². The van der Waals surface area contributed by atoms with Crippen molar-refractivity contribution >= 4 is 62.3 Å². The van der Waals surface area contributed by atoms with Gasteiger partial charge < -0.3 is 15.1 Å². The van der Waals surface area contributed by atoms with E-state index in [1.165, 1.54) is 23.0 Å². The van der Waals surface area contributed by atoms with Crippen molar-refractivity contribution in [3.05, 3.63) is 162 Å². The van der Waals surface area contributed by atoms with E-state index in [0.717, 1.165) is 36.8 Å². The summed E-state index contributed by atoms with van der Waals surface area (Å²) in [5.41, 5.74) is 9.91. The van der Waals surface area contributed by atoms with Crippen LogP contribution in [-0.2, 0) is 21.1 Å². The second-order valence-corrected chi connectivity index (χ2v) is 20.8. The van der Waals surface area contributed by atoms with Crippen molar-refractivity contribution in [2.45, 2.75) is 44.2 Å². The number of rotatable bonds is 10. The molecule has 0 aliphatic rings. The van der Waals surface area contributed by atoms with Gasteiger partial charge in [0.05, 0.1) is 45.5 Å². The third-order valence-corrected chi connectivity index (χ3v) is 16.8. The van der Waals surface area contributed by atoms with Gasteiger partial charge in [0.2, 0.25) is 5.78 Å². The van der Waals surface area contributed by atoms with Crippen molar-refractivity contribution in [2.75, 3.05) is 5.73 Å². The maximum absolute atomic E-state index is 14.6. The summed E-state index contributed by atoms with van der Waals surface area (Å²) in [5, 5.41) is 7.02. The lowest BCUT2D eigenvalue weighted by Gasteiger charge is -2.43. The van der Waals surface area contributed by atoms with Gasteiger partial charge in [0.25, 0.3) is 18.3 Å². The number of hydrogen-bond donors (Lipinski definition) is 2. The second-order valence-electron chi connectivity index (χ2n) is 14.7. The maximum Gasteiger partial charge on any atom is 0.268 e. The van der Waals surface area contributed by atoms with Gasteiger partial charge in [-0.15, -0.1) is 0 Å². The predicted octanol–water partition coefficient (Wildman–Crippen LogP) is 7.14. The minimum absolute atomic E-state index is 0.0433. The summed E-state index contributed by atoms with van der Waals surface area (Å²) in [6, 6.07) is 41.5. The fraction of sp³-hybridized carbons (Fsp3) is 0.140. The number of imidazole rings is 1. The summed E-state index contributed by atoms with van der Waals surface area (Å²) < 4.78 is 38.9. The first kappa shape index (κ1) is 35.9. The Bertz CT molecular complexity index is 2770. The van der Waals surface area contributed by atoms with Crippen LogP contribution < -0.4 is 16.1 Å². The summed E-state index contributed by atoms with van der Waals surface area (Å²) in [5.74, 6) is 0.257. The normalized spacial score (nSPS) is 12.4. The average molecular weight is 765 g/mol. The maximum atomic E-state index is 14.6. The molecule has 0 saturated heterocycles. The molecule has 0 bridgehead atoms. The molecular formula is C43H40N6O4SSi. The number of benzene rings is 5. The van der Waals surface area contributed by atoms with Gasteiger partial charge in [-0.25, -0.2) is 22.1 Å². The molecule has 0 amide bonds. The smallest absolute Gasteiger partial charge is 0.268 e.